The Hall–Kier alpha value is -0.120. The van der Waals surface area contributed by atoms with Crippen LogP contribution in [0.5, 0.6) is 0 Å². The van der Waals surface area contributed by atoms with Gasteiger partial charge in [0.25, 0.3) is 0 Å². The third-order valence-electron chi connectivity index (χ3n) is 5.68. The largest absolute Gasteiger partial charge is 0.314 e. The summed E-state index contributed by atoms with van der Waals surface area (Å²) in [5, 5.41) is 3.80. The third kappa shape index (κ3) is 4.19. The molecule has 0 bridgehead atoms. The lowest BCUT2D eigenvalue weighted by Gasteiger charge is -2.37. The van der Waals surface area contributed by atoms with Gasteiger partial charge in [-0.25, -0.2) is 0 Å². The first-order valence-corrected chi connectivity index (χ1v) is 9.05. The monoisotopic (exact) mass is 279 g/mol. The molecule has 1 aliphatic carbocycles. The Kier molecular flexibility index (Phi) is 5.36. The van der Waals surface area contributed by atoms with Gasteiger partial charge < -0.3 is 15.1 Å². The molecule has 1 N–H and O–H groups in total. The molecule has 20 heavy (non-hydrogen) atoms. The number of likely N-dealkylation sites (tertiary alicyclic amines) is 2. The molecule has 2 saturated heterocycles. The molecule has 1 saturated carbocycles. The van der Waals surface area contributed by atoms with E-state index >= 15 is 0 Å². The van der Waals surface area contributed by atoms with Crippen molar-refractivity contribution in [3.63, 3.8) is 0 Å². The molecule has 3 nitrogen and oxygen atoms in total. The molecule has 0 aromatic rings. The number of piperidine rings is 1. The van der Waals surface area contributed by atoms with Crippen LogP contribution in [0.3, 0.4) is 0 Å². The zero-order valence-electron chi connectivity index (χ0n) is 13.3. The predicted octanol–water partition coefficient (Wildman–Crippen LogP) is 2.32. The van der Waals surface area contributed by atoms with Crippen LogP contribution in [0.4, 0.5) is 0 Å². The van der Waals surface area contributed by atoms with Gasteiger partial charge in [-0.1, -0.05) is 6.92 Å². The molecule has 0 aromatic carbocycles. The fraction of sp³-hybridized carbons (Fsp3) is 1.00. The molecule has 1 atom stereocenters. The summed E-state index contributed by atoms with van der Waals surface area (Å²) in [6.07, 6.45) is 9.92. The molecule has 3 aliphatic rings. The van der Waals surface area contributed by atoms with Gasteiger partial charge in [0, 0.05) is 12.1 Å². The van der Waals surface area contributed by atoms with Crippen LogP contribution in [0.1, 0.15) is 51.9 Å². The summed E-state index contributed by atoms with van der Waals surface area (Å²) in [5.41, 5.74) is 0. The van der Waals surface area contributed by atoms with E-state index in [-0.39, 0.29) is 0 Å². The maximum Gasteiger partial charge on any atom is 0.0108 e. The first-order chi connectivity index (χ1) is 9.85. The van der Waals surface area contributed by atoms with Crippen molar-refractivity contribution in [1.29, 1.82) is 0 Å². The van der Waals surface area contributed by atoms with Gasteiger partial charge in [0.05, 0.1) is 0 Å². The molecule has 2 heterocycles. The van der Waals surface area contributed by atoms with Gasteiger partial charge in [-0.3, -0.25) is 0 Å². The lowest BCUT2D eigenvalue weighted by Crippen LogP contribution is -2.47. The van der Waals surface area contributed by atoms with Gasteiger partial charge in [0.2, 0.25) is 0 Å². The minimum Gasteiger partial charge on any atom is -0.314 e. The number of rotatable bonds is 5. The van der Waals surface area contributed by atoms with Crippen molar-refractivity contribution >= 4 is 0 Å². The van der Waals surface area contributed by atoms with Crippen LogP contribution >= 0.6 is 0 Å². The second kappa shape index (κ2) is 7.24. The molecule has 3 heteroatoms. The van der Waals surface area contributed by atoms with E-state index in [1.807, 2.05) is 0 Å². The molecule has 116 valence electrons. The molecule has 0 amide bonds. The van der Waals surface area contributed by atoms with Gasteiger partial charge in [-0.2, -0.15) is 0 Å². The summed E-state index contributed by atoms with van der Waals surface area (Å²) in [4.78, 5) is 5.43. The molecule has 0 aromatic heterocycles. The van der Waals surface area contributed by atoms with Crippen LogP contribution < -0.4 is 5.32 Å². The highest BCUT2D eigenvalue weighted by Gasteiger charge is 2.28. The van der Waals surface area contributed by atoms with E-state index < -0.39 is 0 Å². The quantitative estimate of drug-likeness (QED) is 0.833. The molecule has 3 rings (SSSR count). The van der Waals surface area contributed by atoms with Gasteiger partial charge in [-0.15, -0.1) is 0 Å². The normalized spacial score (nSPS) is 31.4. The van der Waals surface area contributed by atoms with E-state index in [1.165, 1.54) is 84.2 Å². The molecular formula is C17H33N3. The van der Waals surface area contributed by atoms with Gasteiger partial charge >= 0.3 is 0 Å². The number of hydrogen-bond donors (Lipinski definition) is 1. The Bertz CT molecular complexity index is 282. The highest BCUT2D eigenvalue weighted by Crippen LogP contribution is 2.28. The Morgan fingerprint density at radius 1 is 0.900 bits per heavy atom. The van der Waals surface area contributed by atoms with Crippen molar-refractivity contribution in [3.05, 3.63) is 0 Å². The van der Waals surface area contributed by atoms with E-state index in [4.69, 9.17) is 0 Å². The Morgan fingerprint density at radius 2 is 1.70 bits per heavy atom. The standard InChI is InChI=1S/C17H33N3/c1-2-19-10-3-4-17(9-11-19)20-12-7-16(8-13-20)18-14-15-5-6-15/h15-18H,2-14H2,1H3. The van der Waals surface area contributed by atoms with Crippen LogP contribution in [0.15, 0.2) is 0 Å². The second-order valence-electron chi connectivity index (χ2n) is 7.18. The average molecular weight is 279 g/mol. The van der Waals surface area contributed by atoms with Crippen LogP contribution in [0, 0.1) is 5.92 Å². The Labute approximate surface area is 125 Å². The number of nitrogens with one attached hydrogen (secondary N) is 1. The highest BCUT2D eigenvalue weighted by molar-refractivity contribution is 4.85. The fourth-order valence-electron chi connectivity index (χ4n) is 3.94. The number of nitrogens with zero attached hydrogens (tertiary/aromatic N) is 2. The van der Waals surface area contributed by atoms with E-state index in [1.54, 1.807) is 0 Å². The molecule has 0 radical (unpaired) electrons. The molecular weight excluding hydrogens is 246 g/mol. The molecule has 1 unspecified atom stereocenters. The topological polar surface area (TPSA) is 18.5 Å². The Morgan fingerprint density at radius 3 is 2.40 bits per heavy atom. The van der Waals surface area contributed by atoms with E-state index in [0.717, 1.165) is 18.0 Å². The van der Waals surface area contributed by atoms with Crippen LogP contribution in [0.25, 0.3) is 0 Å². The maximum absolute atomic E-state index is 3.80. The van der Waals surface area contributed by atoms with Crippen molar-refractivity contribution < 1.29 is 0 Å². The summed E-state index contributed by atoms with van der Waals surface area (Å²) >= 11 is 0. The summed E-state index contributed by atoms with van der Waals surface area (Å²) in [6.45, 7) is 10.1. The summed E-state index contributed by atoms with van der Waals surface area (Å²) in [6, 6.07) is 1.68. The third-order valence-corrected chi connectivity index (χ3v) is 5.68. The highest BCUT2D eigenvalue weighted by atomic mass is 15.2. The summed E-state index contributed by atoms with van der Waals surface area (Å²) in [5.74, 6) is 1.02. The van der Waals surface area contributed by atoms with E-state index in [2.05, 4.69) is 22.0 Å². The minimum absolute atomic E-state index is 0.810. The van der Waals surface area contributed by atoms with Gasteiger partial charge in [0.1, 0.15) is 0 Å². The molecule has 0 spiro atoms. The van der Waals surface area contributed by atoms with Crippen molar-refractivity contribution in [2.24, 2.45) is 5.92 Å². The second-order valence-corrected chi connectivity index (χ2v) is 7.18. The van der Waals surface area contributed by atoms with Gasteiger partial charge in [0.15, 0.2) is 0 Å². The average Bonchev–Trinajstić information content (AvgIpc) is 3.32. The van der Waals surface area contributed by atoms with Crippen LogP contribution in [-0.4, -0.2) is 61.2 Å². The SMILES string of the molecule is CCN1CCCC(N2CCC(NCC3CC3)CC2)CC1. The minimum atomic E-state index is 0.810. The lowest BCUT2D eigenvalue weighted by atomic mass is 10.00. The van der Waals surface area contributed by atoms with Crippen LogP contribution in [-0.2, 0) is 0 Å². The molecule has 3 fully saturated rings. The lowest BCUT2D eigenvalue weighted by molar-refractivity contribution is 0.130. The van der Waals surface area contributed by atoms with Crippen LogP contribution in [0.2, 0.25) is 0 Å². The summed E-state index contributed by atoms with van der Waals surface area (Å²) < 4.78 is 0. The summed E-state index contributed by atoms with van der Waals surface area (Å²) in [7, 11) is 0. The zero-order chi connectivity index (χ0) is 13.8. The van der Waals surface area contributed by atoms with E-state index in [9.17, 15) is 0 Å². The maximum atomic E-state index is 3.80. The first-order valence-electron chi connectivity index (χ1n) is 9.05. The van der Waals surface area contributed by atoms with Crippen molar-refractivity contribution in [2.45, 2.75) is 64.0 Å². The number of hydrogen-bond acceptors (Lipinski definition) is 3. The van der Waals surface area contributed by atoms with E-state index in [0.29, 0.717) is 0 Å². The fourth-order valence-corrected chi connectivity index (χ4v) is 3.94. The molecule has 2 aliphatic heterocycles. The van der Waals surface area contributed by atoms with Gasteiger partial charge in [-0.05, 0) is 90.1 Å². The van der Waals surface area contributed by atoms with Crippen molar-refractivity contribution in [2.75, 3.05) is 39.3 Å². The zero-order valence-corrected chi connectivity index (χ0v) is 13.3. The predicted molar refractivity (Wildman–Crippen MR) is 85.1 cm³/mol. The smallest absolute Gasteiger partial charge is 0.0108 e. The van der Waals surface area contributed by atoms with Crippen molar-refractivity contribution in [1.82, 2.24) is 15.1 Å². The Balaban J connectivity index is 1.38. The van der Waals surface area contributed by atoms with Crippen molar-refractivity contribution in [3.8, 4) is 0 Å². The first kappa shape index (κ1) is 14.8.